The molecule has 1 aliphatic heterocycles. The van der Waals surface area contributed by atoms with Crippen molar-refractivity contribution < 1.29 is 26.4 Å². The molecule has 4 N–H and O–H groups in total. The summed E-state index contributed by atoms with van der Waals surface area (Å²) in [6.45, 7) is 3.36. The molecule has 9 nitrogen and oxygen atoms in total. The normalized spacial score (nSPS) is 13.8. The Balaban J connectivity index is 1.92. The Morgan fingerprint density at radius 3 is 2.66 bits per heavy atom. The minimum absolute atomic E-state index is 0.000254. The monoisotopic (exact) mass is 472 g/mol. The van der Waals surface area contributed by atoms with Crippen molar-refractivity contribution in [2.45, 2.75) is 38.9 Å². The van der Waals surface area contributed by atoms with Gasteiger partial charge in [0.05, 0.1) is 12.2 Å². The van der Waals surface area contributed by atoms with Gasteiger partial charge in [0.25, 0.3) is 0 Å². The largest absolute Gasteiger partial charge is 0.421 e. The molecule has 0 aliphatic carbocycles. The lowest BCUT2D eigenvalue weighted by Gasteiger charge is -2.30. The van der Waals surface area contributed by atoms with Gasteiger partial charge in [0, 0.05) is 30.2 Å². The van der Waals surface area contributed by atoms with Crippen LogP contribution in [0.1, 0.15) is 31.4 Å². The van der Waals surface area contributed by atoms with Gasteiger partial charge in [-0.25, -0.2) is 18.5 Å². The van der Waals surface area contributed by atoms with E-state index in [0.29, 0.717) is 17.6 Å². The molecule has 3 rings (SSSR count). The summed E-state index contributed by atoms with van der Waals surface area (Å²) in [6, 6.07) is 4.62. The number of primary sulfonamides is 1. The number of aromatic nitrogens is 2. The van der Waals surface area contributed by atoms with Crippen LogP contribution in [0.3, 0.4) is 0 Å². The number of halogens is 3. The molecule has 174 valence electrons. The van der Waals surface area contributed by atoms with Crippen molar-refractivity contribution in [3.8, 4) is 0 Å². The molecule has 1 aliphatic rings. The summed E-state index contributed by atoms with van der Waals surface area (Å²) >= 11 is 0. The number of nitrogens with two attached hydrogens (primary N) is 1. The maximum absolute atomic E-state index is 13.6. The average molecular weight is 472 g/mol. The van der Waals surface area contributed by atoms with Gasteiger partial charge in [-0.3, -0.25) is 4.79 Å². The molecule has 0 spiro atoms. The predicted molar refractivity (Wildman–Crippen MR) is 114 cm³/mol. The molecule has 0 radical (unpaired) electrons. The number of alkyl halides is 3. The Morgan fingerprint density at radius 1 is 1.31 bits per heavy atom. The average Bonchev–Trinajstić information content (AvgIpc) is 3.02. The molecule has 2 aromatic rings. The molecule has 0 fully saturated rings. The summed E-state index contributed by atoms with van der Waals surface area (Å²) < 4.78 is 63.4. The molecule has 0 atom stereocenters. The van der Waals surface area contributed by atoms with Gasteiger partial charge < -0.3 is 15.5 Å². The topological polar surface area (TPSA) is 130 Å². The van der Waals surface area contributed by atoms with Crippen LogP contribution in [0.15, 0.2) is 24.4 Å². The third kappa shape index (κ3) is 5.85. The van der Waals surface area contributed by atoms with Gasteiger partial charge in [0.15, 0.2) is 0 Å². The molecule has 0 saturated carbocycles. The van der Waals surface area contributed by atoms with Gasteiger partial charge in [-0.1, -0.05) is 0 Å². The quantitative estimate of drug-likeness (QED) is 0.538. The van der Waals surface area contributed by atoms with Crippen molar-refractivity contribution in [1.82, 2.24) is 9.97 Å². The van der Waals surface area contributed by atoms with Crippen LogP contribution in [0.5, 0.6) is 0 Å². The maximum atomic E-state index is 13.6. The Kier molecular flexibility index (Phi) is 6.60. The number of nitrogens with zero attached hydrogens (tertiary/aromatic N) is 3. The van der Waals surface area contributed by atoms with E-state index < -0.39 is 27.8 Å². The van der Waals surface area contributed by atoms with Crippen molar-refractivity contribution in [3.63, 3.8) is 0 Å². The Bertz CT molecular complexity index is 1120. The van der Waals surface area contributed by atoms with Crippen LogP contribution in [-0.2, 0) is 27.4 Å². The van der Waals surface area contributed by atoms with Crippen molar-refractivity contribution in [1.29, 1.82) is 0 Å². The van der Waals surface area contributed by atoms with E-state index in [2.05, 4.69) is 20.6 Å². The number of amides is 1. The number of nitrogens with one attached hydrogen (secondary N) is 2. The zero-order valence-electron chi connectivity index (χ0n) is 17.4. The lowest BCUT2D eigenvalue weighted by Crippen LogP contribution is -2.36. The summed E-state index contributed by atoms with van der Waals surface area (Å²) in [5.41, 5.74) is 0.904. The molecule has 0 bridgehead atoms. The summed E-state index contributed by atoms with van der Waals surface area (Å²) in [5, 5.41) is 10.6. The molecule has 13 heteroatoms. The van der Waals surface area contributed by atoms with E-state index in [-0.39, 0.29) is 42.8 Å². The second-order valence-electron chi connectivity index (χ2n) is 7.66. The highest BCUT2D eigenvalue weighted by molar-refractivity contribution is 7.89. The van der Waals surface area contributed by atoms with Crippen molar-refractivity contribution >= 4 is 39.1 Å². The highest BCUT2D eigenvalue weighted by Crippen LogP contribution is 2.37. The fraction of sp³-hybridized carbons (Fsp3) is 0.421. The second-order valence-corrected chi connectivity index (χ2v) is 9.39. The fourth-order valence-corrected chi connectivity index (χ4v) is 3.86. The second kappa shape index (κ2) is 8.90. The van der Waals surface area contributed by atoms with Crippen LogP contribution < -0.4 is 20.7 Å². The van der Waals surface area contributed by atoms with Gasteiger partial charge in [-0.05, 0) is 44.0 Å². The summed E-state index contributed by atoms with van der Waals surface area (Å²) in [5.74, 6) is -0.938. The number of sulfonamides is 1. The highest BCUT2D eigenvalue weighted by Gasteiger charge is 2.37. The minimum atomic E-state index is -4.71. The van der Waals surface area contributed by atoms with E-state index in [1.54, 1.807) is 32.0 Å². The van der Waals surface area contributed by atoms with E-state index in [1.807, 2.05) is 0 Å². The van der Waals surface area contributed by atoms with Crippen LogP contribution in [0.4, 0.5) is 36.3 Å². The molecular weight excluding hydrogens is 449 g/mol. The third-order valence-corrected chi connectivity index (χ3v) is 5.64. The molecule has 0 unspecified atom stereocenters. The van der Waals surface area contributed by atoms with Crippen LogP contribution in [-0.4, -0.2) is 42.6 Å². The number of carbonyl (C=O) groups excluding carboxylic acids is 1. The van der Waals surface area contributed by atoms with Crippen LogP contribution in [0, 0.1) is 0 Å². The molecule has 1 amide bonds. The Labute approximate surface area is 183 Å². The predicted octanol–water partition coefficient (Wildman–Crippen LogP) is 2.63. The van der Waals surface area contributed by atoms with Crippen LogP contribution in [0.2, 0.25) is 0 Å². The summed E-state index contributed by atoms with van der Waals surface area (Å²) in [6.07, 6.45) is -3.78. The van der Waals surface area contributed by atoms with E-state index in [4.69, 9.17) is 5.14 Å². The van der Waals surface area contributed by atoms with E-state index in [1.165, 1.54) is 4.90 Å². The number of carbonyl (C=O) groups is 1. The van der Waals surface area contributed by atoms with Gasteiger partial charge in [0.1, 0.15) is 11.4 Å². The zero-order valence-corrected chi connectivity index (χ0v) is 18.2. The first kappa shape index (κ1) is 23.7. The lowest BCUT2D eigenvalue weighted by atomic mass is 10.1. The van der Waals surface area contributed by atoms with Crippen molar-refractivity contribution in [3.05, 3.63) is 35.5 Å². The fourth-order valence-electron chi connectivity index (χ4n) is 3.33. The molecule has 2 heterocycles. The number of rotatable bonds is 8. The molecule has 32 heavy (non-hydrogen) atoms. The first-order valence-corrected chi connectivity index (χ1v) is 11.5. The summed E-state index contributed by atoms with van der Waals surface area (Å²) in [7, 11) is -3.75. The zero-order chi connectivity index (χ0) is 23.7. The minimum Gasteiger partial charge on any atom is -0.353 e. The number of fused-ring (bicyclic) bond motifs is 1. The van der Waals surface area contributed by atoms with Gasteiger partial charge in [-0.2, -0.15) is 18.2 Å². The molecule has 1 aromatic heterocycles. The van der Waals surface area contributed by atoms with E-state index in [9.17, 15) is 26.4 Å². The van der Waals surface area contributed by atoms with Gasteiger partial charge in [0.2, 0.25) is 21.9 Å². The number of hydrogen-bond acceptors (Lipinski definition) is 7. The first-order chi connectivity index (χ1) is 14.8. The standard InChI is InChI=1S/C19H23F3N6O3S/c1-11(2)28(6-3-7-32(23,30)31)17-14(19(20,21)22)10-24-18(27-17)25-13-4-5-15-12(8-13)9-16(29)26-15/h4-5,8,10-11H,3,6-7,9H2,1-2H3,(H,26,29)(H2,23,30,31)(H,24,25,27). The molecular formula is C19H23F3N6O3S. The van der Waals surface area contributed by atoms with Crippen LogP contribution >= 0.6 is 0 Å². The third-order valence-electron chi connectivity index (χ3n) is 4.78. The molecule has 0 saturated heterocycles. The van der Waals surface area contributed by atoms with Crippen molar-refractivity contribution in [2.24, 2.45) is 5.14 Å². The lowest BCUT2D eigenvalue weighted by molar-refractivity contribution is -0.137. The van der Waals surface area contributed by atoms with Crippen LogP contribution in [0.25, 0.3) is 0 Å². The smallest absolute Gasteiger partial charge is 0.353 e. The number of anilines is 4. The van der Waals surface area contributed by atoms with Gasteiger partial charge >= 0.3 is 6.18 Å². The number of benzene rings is 1. The molecule has 1 aromatic carbocycles. The SMILES string of the molecule is CC(C)N(CCCS(N)(=O)=O)c1nc(Nc2ccc3c(c2)CC(=O)N3)ncc1C(F)(F)F. The number of hydrogen-bond donors (Lipinski definition) is 3. The maximum Gasteiger partial charge on any atom is 0.421 e. The Hall–Kier alpha value is -2.93. The first-order valence-electron chi connectivity index (χ1n) is 9.74. The van der Waals surface area contributed by atoms with E-state index in [0.717, 1.165) is 5.56 Å². The van der Waals surface area contributed by atoms with E-state index >= 15 is 0 Å². The highest BCUT2D eigenvalue weighted by atomic mass is 32.2. The van der Waals surface area contributed by atoms with Crippen molar-refractivity contribution in [2.75, 3.05) is 27.8 Å². The summed E-state index contributed by atoms with van der Waals surface area (Å²) in [4.78, 5) is 20.8. The van der Waals surface area contributed by atoms with Gasteiger partial charge in [-0.15, -0.1) is 0 Å². The Morgan fingerprint density at radius 2 is 2.03 bits per heavy atom.